The molecule has 1 amide bonds. The fourth-order valence-corrected chi connectivity index (χ4v) is 12.0. The van der Waals surface area contributed by atoms with E-state index in [2.05, 4.69) is 55.6 Å². The van der Waals surface area contributed by atoms with Crippen LogP contribution in [0.5, 0.6) is 0 Å². The van der Waals surface area contributed by atoms with Crippen molar-refractivity contribution in [3.63, 3.8) is 0 Å². The van der Waals surface area contributed by atoms with E-state index in [-0.39, 0.29) is 12.8 Å². The molecule has 11 heteroatoms. The quantitative estimate of drug-likeness (QED) is 0.0215. The summed E-state index contributed by atoms with van der Waals surface area (Å²) in [6.45, 7) is 3.50. The van der Waals surface area contributed by atoms with Crippen LogP contribution < -0.4 is 5.32 Å². The smallest absolute Gasteiger partial charge is 0.249 e. The molecule has 0 aliphatic carbocycles. The summed E-state index contributed by atoms with van der Waals surface area (Å²) in [6.07, 6.45) is 69.5. The number of carbonyl (C=O) groups excluding carboxylic acids is 1. The predicted molar refractivity (Wildman–Crippen MR) is 358 cm³/mol. The summed E-state index contributed by atoms with van der Waals surface area (Å²) in [4.78, 5) is 13.3. The zero-order valence-corrected chi connectivity index (χ0v) is 55.6. The van der Waals surface area contributed by atoms with Crippen LogP contribution >= 0.6 is 0 Å². The van der Waals surface area contributed by atoms with E-state index in [0.717, 1.165) is 44.9 Å². The van der Waals surface area contributed by atoms with Crippen molar-refractivity contribution < 1.29 is 50.0 Å². The SMILES string of the molecule is CCCCCCCCCCC/C=C\C/C=C\CCCCCCCCCCCCCCCCC(O)C(=O)NC(COC1OC(CO)C(O)C(O)C1O)C(O)C(O)CCC/C=C/CCCCCCCCCCCCCCCCCCCCCCCCC. The lowest BCUT2D eigenvalue weighted by atomic mass is 9.98. The summed E-state index contributed by atoms with van der Waals surface area (Å²) in [5, 5.41) is 76.6. The minimum Gasteiger partial charge on any atom is -0.394 e. The van der Waals surface area contributed by atoms with E-state index in [9.17, 15) is 40.5 Å². The Morgan fingerprint density at radius 3 is 1.08 bits per heavy atom. The molecular weight excluding hydrogens is 1060 g/mol. The van der Waals surface area contributed by atoms with Crippen LogP contribution in [0.25, 0.3) is 0 Å². The van der Waals surface area contributed by atoms with Crippen molar-refractivity contribution in [2.45, 2.75) is 416 Å². The number of nitrogens with one attached hydrogen (secondary N) is 1. The third kappa shape index (κ3) is 49.8. The third-order valence-corrected chi connectivity index (χ3v) is 17.9. The lowest BCUT2D eigenvalue weighted by molar-refractivity contribution is -0.303. The second-order valence-electron chi connectivity index (χ2n) is 26.0. The zero-order chi connectivity index (χ0) is 61.7. The standard InChI is InChI=1S/C74H141NO10/c1-3-5-7-9-11-13-15-17-19-21-23-25-27-29-31-33-34-36-38-40-42-44-46-48-50-52-54-56-58-60-62-67(78)73(83)75-65(64-84-74-72(82)71(81)70(80)68(63-76)85-74)69(79)66(77)61-59-57-55-53-51-49-47-45-43-41-39-37-35-32-30-28-26-24-22-20-18-16-14-12-10-8-6-4-2/h23,25,29,31,53,55,65-72,74,76-82H,3-22,24,26-28,30,32-52,54,56-64H2,1-2H3,(H,75,83)/b25-23-,31-29-,55-53+. The van der Waals surface area contributed by atoms with Crippen LogP contribution in [0.2, 0.25) is 0 Å². The van der Waals surface area contributed by atoms with E-state index in [0.29, 0.717) is 12.8 Å². The van der Waals surface area contributed by atoms with Crippen molar-refractivity contribution in [3.05, 3.63) is 36.5 Å². The number of aliphatic hydroxyl groups excluding tert-OH is 7. The Bertz CT molecular complexity index is 1480. The molecule has 1 heterocycles. The molecule has 0 spiro atoms. The largest absolute Gasteiger partial charge is 0.394 e. The lowest BCUT2D eigenvalue weighted by Crippen LogP contribution is -2.60. The van der Waals surface area contributed by atoms with Crippen molar-refractivity contribution in [1.29, 1.82) is 0 Å². The molecule has 0 radical (unpaired) electrons. The van der Waals surface area contributed by atoms with Crippen LogP contribution in [0, 0.1) is 0 Å². The monoisotopic (exact) mass is 1200 g/mol. The van der Waals surface area contributed by atoms with Gasteiger partial charge in [0.25, 0.3) is 0 Å². The summed E-state index contributed by atoms with van der Waals surface area (Å²) in [6, 6.07) is -1.19. The number of ether oxygens (including phenoxy) is 2. The summed E-state index contributed by atoms with van der Waals surface area (Å²) in [7, 11) is 0. The molecule has 0 aromatic heterocycles. The summed E-state index contributed by atoms with van der Waals surface area (Å²) >= 11 is 0. The molecule has 11 nitrogen and oxygen atoms in total. The maximum Gasteiger partial charge on any atom is 0.249 e. The van der Waals surface area contributed by atoms with Gasteiger partial charge in [0, 0.05) is 0 Å². The summed E-state index contributed by atoms with van der Waals surface area (Å²) in [5.41, 5.74) is 0. The van der Waals surface area contributed by atoms with Crippen molar-refractivity contribution >= 4 is 5.91 Å². The maximum atomic E-state index is 13.3. The second kappa shape index (κ2) is 62.5. The summed E-state index contributed by atoms with van der Waals surface area (Å²) in [5.74, 6) is -0.701. The van der Waals surface area contributed by atoms with Gasteiger partial charge in [0.05, 0.1) is 25.4 Å². The molecule has 9 atom stereocenters. The van der Waals surface area contributed by atoms with E-state index in [4.69, 9.17) is 9.47 Å². The van der Waals surface area contributed by atoms with E-state index in [1.165, 1.54) is 276 Å². The predicted octanol–water partition coefficient (Wildman–Crippen LogP) is 18.1. The molecule has 1 saturated heterocycles. The minimum absolute atomic E-state index is 0.255. The number of hydrogen-bond donors (Lipinski definition) is 8. The number of allylic oxidation sites excluding steroid dienone is 6. The van der Waals surface area contributed by atoms with Crippen molar-refractivity contribution in [2.24, 2.45) is 0 Å². The normalized spacial score (nSPS) is 19.0. The fraction of sp³-hybridized carbons (Fsp3) is 0.905. The Hall–Kier alpha value is -1.67. The molecule has 0 bridgehead atoms. The van der Waals surface area contributed by atoms with E-state index in [1.54, 1.807) is 0 Å². The molecule has 1 aliphatic rings. The molecule has 1 rings (SSSR count). The van der Waals surface area contributed by atoms with Gasteiger partial charge < -0.3 is 50.5 Å². The van der Waals surface area contributed by atoms with Crippen LogP contribution in [0.15, 0.2) is 36.5 Å². The fourth-order valence-electron chi connectivity index (χ4n) is 12.0. The van der Waals surface area contributed by atoms with Gasteiger partial charge in [-0.1, -0.05) is 326 Å². The maximum absolute atomic E-state index is 13.3. The average molecular weight is 1200 g/mol. The minimum atomic E-state index is -1.67. The van der Waals surface area contributed by atoms with Crippen molar-refractivity contribution in [3.8, 4) is 0 Å². The van der Waals surface area contributed by atoms with Crippen LogP contribution in [0.4, 0.5) is 0 Å². The first-order valence-electron chi connectivity index (χ1n) is 36.9. The zero-order valence-electron chi connectivity index (χ0n) is 55.6. The van der Waals surface area contributed by atoms with E-state index in [1.807, 2.05) is 0 Å². The Morgan fingerprint density at radius 1 is 0.412 bits per heavy atom. The van der Waals surface area contributed by atoms with Crippen LogP contribution in [0.1, 0.15) is 361 Å². The van der Waals surface area contributed by atoms with Gasteiger partial charge in [0.1, 0.15) is 36.6 Å². The highest BCUT2D eigenvalue weighted by molar-refractivity contribution is 5.80. The van der Waals surface area contributed by atoms with Crippen LogP contribution in [-0.2, 0) is 14.3 Å². The van der Waals surface area contributed by atoms with Gasteiger partial charge in [0.15, 0.2) is 6.29 Å². The molecule has 8 N–H and O–H groups in total. The number of rotatable bonds is 65. The molecule has 0 aromatic rings. The van der Waals surface area contributed by atoms with Gasteiger partial charge in [-0.15, -0.1) is 0 Å². The second-order valence-corrected chi connectivity index (χ2v) is 26.0. The number of hydrogen-bond acceptors (Lipinski definition) is 10. The summed E-state index contributed by atoms with van der Waals surface area (Å²) < 4.78 is 11.2. The molecule has 85 heavy (non-hydrogen) atoms. The third-order valence-electron chi connectivity index (χ3n) is 17.9. The molecular formula is C74H141NO10. The van der Waals surface area contributed by atoms with Gasteiger partial charge in [-0.2, -0.15) is 0 Å². The number of aliphatic hydroxyl groups is 7. The molecule has 9 unspecified atom stereocenters. The first kappa shape index (κ1) is 81.3. The van der Waals surface area contributed by atoms with Gasteiger partial charge in [-0.25, -0.2) is 0 Å². The Kier molecular flexibility index (Phi) is 59.8. The number of unbranched alkanes of at least 4 members (excludes halogenated alkanes) is 47. The first-order valence-corrected chi connectivity index (χ1v) is 36.9. The molecule has 1 aliphatic heterocycles. The highest BCUT2D eigenvalue weighted by atomic mass is 16.7. The highest BCUT2D eigenvalue weighted by Crippen LogP contribution is 2.24. The average Bonchev–Trinajstić information content (AvgIpc) is 3.51. The van der Waals surface area contributed by atoms with Gasteiger partial charge in [-0.3, -0.25) is 4.79 Å². The van der Waals surface area contributed by atoms with Crippen LogP contribution in [-0.4, -0.2) is 110 Å². The number of carbonyl (C=O) groups is 1. The first-order chi connectivity index (χ1) is 41.7. The Balaban J connectivity index is 2.19. The van der Waals surface area contributed by atoms with E-state index >= 15 is 0 Å². The topological polar surface area (TPSA) is 189 Å². The lowest BCUT2D eigenvalue weighted by Gasteiger charge is -2.40. The Morgan fingerprint density at radius 2 is 0.729 bits per heavy atom. The van der Waals surface area contributed by atoms with Crippen molar-refractivity contribution in [1.82, 2.24) is 5.32 Å². The molecule has 0 saturated carbocycles. The van der Waals surface area contributed by atoms with Gasteiger partial charge in [-0.05, 0) is 70.6 Å². The van der Waals surface area contributed by atoms with Gasteiger partial charge >= 0.3 is 0 Å². The highest BCUT2D eigenvalue weighted by Gasteiger charge is 2.44. The molecule has 0 aromatic carbocycles. The van der Waals surface area contributed by atoms with E-state index < -0.39 is 74.2 Å². The number of amides is 1. The van der Waals surface area contributed by atoms with Gasteiger partial charge in [0.2, 0.25) is 5.91 Å². The Labute approximate surface area is 524 Å². The van der Waals surface area contributed by atoms with Crippen molar-refractivity contribution in [2.75, 3.05) is 13.2 Å². The molecule has 502 valence electrons. The van der Waals surface area contributed by atoms with Crippen LogP contribution in [0.3, 0.4) is 0 Å². The molecule has 1 fully saturated rings.